The average molecular weight is 313 g/mol. The second-order valence-corrected chi connectivity index (χ2v) is 5.78. The van der Waals surface area contributed by atoms with Crippen molar-refractivity contribution < 1.29 is 4.74 Å². The monoisotopic (exact) mass is 312 g/mol. The number of benzene rings is 1. The topological polar surface area (TPSA) is 47.3 Å². The fourth-order valence-corrected chi connectivity index (χ4v) is 3.08. The molecule has 0 radical (unpaired) electrons. The SMILES string of the molecule is COc1ccc(C(N)CC2CCNCC2)cc1Br. The summed E-state index contributed by atoms with van der Waals surface area (Å²) in [4.78, 5) is 0. The van der Waals surface area contributed by atoms with Crippen LogP contribution in [0.15, 0.2) is 22.7 Å². The third-order valence-corrected chi connectivity index (χ3v) is 4.27. The Bertz CT molecular complexity index is 391. The van der Waals surface area contributed by atoms with Gasteiger partial charge in [-0.3, -0.25) is 0 Å². The molecular weight excluding hydrogens is 292 g/mol. The Balaban J connectivity index is 1.99. The fourth-order valence-electron chi connectivity index (χ4n) is 2.53. The Morgan fingerprint density at radius 1 is 1.44 bits per heavy atom. The van der Waals surface area contributed by atoms with Gasteiger partial charge in [-0.1, -0.05) is 6.07 Å². The predicted molar refractivity (Wildman–Crippen MR) is 77.8 cm³/mol. The third kappa shape index (κ3) is 3.46. The van der Waals surface area contributed by atoms with Crippen LogP contribution in [0.4, 0.5) is 0 Å². The molecule has 1 aliphatic rings. The molecule has 18 heavy (non-hydrogen) atoms. The minimum Gasteiger partial charge on any atom is -0.496 e. The minimum absolute atomic E-state index is 0.121. The van der Waals surface area contributed by atoms with E-state index in [1.165, 1.54) is 18.4 Å². The highest BCUT2D eigenvalue weighted by Gasteiger charge is 2.18. The number of methoxy groups -OCH3 is 1. The number of hydrogen-bond donors (Lipinski definition) is 2. The van der Waals surface area contributed by atoms with Gasteiger partial charge >= 0.3 is 0 Å². The number of rotatable bonds is 4. The molecule has 100 valence electrons. The molecule has 0 aromatic heterocycles. The number of nitrogens with one attached hydrogen (secondary N) is 1. The van der Waals surface area contributed by atoms with Crippen LogP contribution in [-0.4, -0.2) is 20.2 Å². The first-order chi connectivity index (χ1) is 8.70. The van der Waals surface area contributed by atoms with E-state index >= 15 is 0 Å². The molecule has 0 aliphatic carbocycles. The summed E-state index contributed by atoms with van der Waals surface area (Å²) in [5.41, 5.74) is 7.49. The molecule has 3 N–H and O–H groups in total. The zero-order chi connectivity index (χ0) is 13.0. The molecule has 1 aromatic rings. The smallest absolute Gasteiger partial charge is 0.133 e. The van der Waals surface area contributed by atoms with Crippen molar-refractivity contribution >= 4 is 15.9 Å². The van der Waals surface area contributed by atoms with E-state index in [1.54, 1.807) is 7.11 Å². The highest BCUT2D eigenvalue weighted by Crippen LogP contribution is 2.30. The van der Waals surface area contributed by atoms with E-state index in [9.17, 15) is 0 Å². The van der Waals surface area contributed by atoms with Gasteiger partial charge in [0.25, 0.3) is 0 Å². The first-order valence-corrected chi connectivity index (χ1v) is 7.29. The molecule has 0 bridgehead atoms. The maximum absolute atomic E-state index is 6.30. The standard InChI is InChI=1S/C14H21BrN2O/c1-18-14-3-2-11(9-12(14)15)13(16)8-10-4-6-17-7-5-10/h2-3,9-10,13,17H,4-8,16H2,1H3. The molecule has 1 atom stereocenters. The number of ether oxygens (including phenoxy) is 1. The molecule has 3 nitrogen and oxygen atoms in total. The lowest BCUT2D eigenvalue weighted by molar-refractivity contribution is 0.332. The van der Waals surface area contributed by atoms with E-state index in [2.05, 4.69) is 33.4 Å². The number of halogens is 1. The number of hydrogen-bond acceptors (Lipinski definition) is 3. The quantitative estimate of drug-likeness (QED) is 0.898. The zero-order valence-corrected chi connectivity index (χ0v) is 12.4. The molecule has 1 aromatic carbocycles. The maximum atomic E-state index is 6.30. The van der Waals surface area contributed by atoms with Crippen LogP contribution in [0.3, 0.4) is 0 Å². The molecule has 0 saturated carbocycles. The fraction of sp³-hybridized carbons (Fsp3) is 0.571. The van der Waals surface area contributed by atoms with Crippen LogP contribution < -0.4 is 15.8 Å². The van der Waals surface area contributed by atoms with Gasteiger partial charge in [0.1, 0.15) is 5.75 Å². The van der Waals surface area contributed by atoms with Crippen molar-refractivity contribution in [1.29, 1.82) is 0 Å². The summed E-state index contributed by atoms with van der Waals surface area (Å²) in [7, 11) is 1.68. The van der Waals surface area contributed by atoms with Gasteiger partial charge < -0.3 is 15.8 Å². The lowest BCUT2D eigenvalue weighted by Crippen LogP contribution is -2.29. The van der Waals surface area contributed by atoms with Gasteiger partial charge in [0.05, 0.1) is 11.6 Å². The molecule has 4 heteroatoms. The van der Waals surface area contributed by atoms with Crippen LogP contribution in [0.2, 0.25) is 0 Å². The van der Waals surface area contributed by atoms with Gasteiger partial charge in [-0.05, 0) is 71.9 Å². The van der Waals surface area contributed by atoms with Gasteiger partial charge in [-0.15, -0.1) is 0 Å². The molecule has 1 saturated heterocycles. The van der Waals surface area contributed by atoms with Gasteiger partial charge in [-0.25, -0.2) is 0 Å². The Morgan fingerprint density at radius 2 is 2.17 bits per heavy atom. The van der Waals surface area contributed by atoms with E-state index in [-0.39, 0.29) is 6.04 Å². The van der Waals surface area contributed by atoms with Crippen molar-refractivity contribution in [2.45, 2.75) is 25.3 Å². The number of piperidine rings is 1. The molecule has 1 heterocycles. The largest absolute Gasteiger partial charge is 0.496 e. The van der Waals surface area contributed by atoms with Crippen molar-refractivity contribution in [2.24, 2.45) is 11.7 Å². The molecule has 0 amide bonds. The van der Waals surface area contributed by atoms with Gasteiger partial charge in [0, 0.05) is 6.04 Å². The van der Waals surface area contributed by atoms with Gasteiger partial charge in [0.2, 0.25) is 0 Å². The van der Waals surface area contributed by atoms with Crippen molar-refractivity contribution in [3.8, 4) is 5.75 Å². The van der Waals surface area contributed by atoms with Crippen molar-refractivity contribution in [2.75, 3.05) is 20.2 Å². The predicted octanol–water partition coefficient (Wildman–Crippen LogP) is 2.85. The van der Waals surface area contributed by atoms with Crippen LogP contribution in [0, 0.1) is 5.92 Å². The first kappa shape index (κ1) is 13.8. The molecule has 0 spiro atoms. The molecule has 1 aliphatic heterocycles. The molecule has 1 fully saturated rings. The molecular formula is C14H21BrN2O. The van der Waals surface area contributed by atoms with Gasteiger partial charge in [0.15, 0.2) is 0 Å². The summed E-state index contributed by atoms with van der Waals surface area (Å²) in [5.74, 6) is 1.61. The highest BCUT2D eigenvalue weighted by molar-refractivity contribution is 9.10. The lowest BCUT2D eigenvalue weighted by Gasteiger charge is -2.25. The van der Waals surface area contributed by atoms with E-state index in [0.717, 1.165) is 35.7 Å². The molecule has 2 rings (SSSR count). The van der Waals surface area contributed by atoms with Crippen LogP contribution in [0.5, 0.6) is 5.75 Å². The third-order valence-electron chi connectivity index (χ3n) is 3.65. The first-order valence-electron chi connectivity index (χ1n) is 6.50. The van der Waals surface area contributed by atoms with Crippen LogP contribution in [-0.2, 0) is 0 Å². The number of nitrogens with two attached hydrogens (primary N) is 1. The van der Waals surface area contributed by atoms with Crippen molar-refractivity contribution in [3.63, 3.8) is 0 Å². The second kappa shape index (κ2) is 6.55. The Morgan fingerprint density at radius 3 is 2.78 bits per heavy atom. The summed E-state index contributed by atoms with van der Waals surface area (Å²) in [6, 6.07) is 6.23. The molecule has 1 unspecified atom stereocenters. The highest BCUT2D eigenvalue weighted by atomic mass is 79.9. The Kier molecular flexibility index (Phi) is 5.03. The van der Waals surface area contributed by atoms with Crippen LogP contribution >= 0.6 is 15.9 Å². The summed E-state index contributed by atoms with van der Waals surface area (Å²) in [5, 5.41) is 3.39. The van der Waals surface area contributed by atoms with Crippen molar-refractivity contribution in [1.82, 2.24) is 5.32 Å². The van der Waals surface area contributed by atoms with E-state index in [4.69, 9.17) is 10.5 Å². The second-order valence-electron chi connectivity index (χ2n) is 4.93. The summed E-state index contributed by atoms with van der Waals surface area (Å²) in [6.07, 6.45) is 3.55. The van der Waals surface area contributed by atoms with E-state index in [1.807, 2.05) is 6.07 Å². The van der Waals surface area contributed by atoms with Gasteiger partial charge in [-0.2, -0.15) is 0 Å². The normalized spacial score (nSPS) is 18.6. The zero-order valence-electron chi connectivity index (χ0n) is 10.8. The maximum Gasteiger partial charge on any atom is 0.133 e. The van der Waals surface area contributed by atoms with Crippen LogP contribution in [0.25, 0.3) is 0 Å². The van der Waals surface area contributed by atoms with Crippen molar-refractivity contribution in [3.05, 3.63) is 28.2 Å². The van der Waals surface area contributed by atoms with E-state index < -0.39 is 0 Å². The summed E-state index contributed by atoms with van der Waals surface area (Å²) < 4.78 is 6.21. The van der Waals surface area contributed by atoms with Crippen LogP contribution in [0.1, 0.15) is 30.9 Å². The minimum atomic E-state index is 0.121. The lowest BCUT2D eigenvalue weighted by atomic mass is 9.89. The average Bonchev–Trinajstić information content (AvgIpc) is 2.39. The Hall–Kier alpha value is -0.580. The summed E-state index contributed by atoms with van der Waals surface area (Å²) >= 11 is 3.51. The summed E-state index contributed by atoms with van der Waals surface area (Å²) in [6.45, 7) is 2.26. The van der Waals surface area contributed by atoms with E-state index in [0.29, 0.717) is 0 Å². The Labute approximate surface area is 117 Å².